The first-order chi connectivity index (χ1) is 27.8. The van der Waals surface area contributed by atoms with Gasteiger partial charge in [-0.1, -0.05) is 32.0 Å². The van der Waals surface area contributed by atoms with Crippen molar-refractivity contribution in [2.75, 3.05) is 27.3 Å². The number of fused-ring (bicyclic) bond motifs is 5. The zero-order valence-electron chi connectivity index (χ0n) is 35.9. The van der Waals surface area contributed by atoms with Crippen LogP contribution >= 0.6 is 0 Å². The van der Waals surface area contributed by atoms with Gasteiger partial charge in [0.25, 0.3) is 0 Å². The van der Waals surface area contributed by atoms with Crippen LogP contribution in [0.2, 0.25) is 0 Å². The van der Waals surface area contributed by atoms with Gasteiger partial charge in [0.05, 0.1) is 37.1 Å². The Labute approximate surface area is 346 Å². The number of cyclic esters (lactones) is 1. The molecule has 0 saturated carbocycles. The molecular weight excluding hydrogens is 764 g/mol. The number of oxime groups is 1. The molecular formula is C42H62N6O11. The maximum absolute atomic E-state index is 14.5. The van der Waals surface area contributed by atoms with E-state index in [1.165, 1.54) is 20.8 Å². The molecule has 326 valence electrons. The van der Waals surface area contributed by atoms with Crippen molar-refractivity contribution in [3.63, 3.8) is 0 Å². The van der Waals surface area contributed by atoms with Crippen molar-refractivity contribution in [3.05, 3.63) is 42.4 Å². The van der Waals surface area contributed by atoms with Crippen LogP contribution in [-0.2, 0) is 49.5 Å². The molecule has 5 heterocycles. The van der Waals surface area contributed by atoms with E-state index in [0.29, 0.717) is 23.7 Å². The zero-order chi connectivity index (χ0) is 43.2. The molecule has 17 heteroatoms. The summed E-state index contributed by atoms with van der Waals surface area (Å²) in [5.74, 6) is -3.94. The zero-order valence-corrected chi connectivity index (χ0v) is 35.9. The third-order valence-electron chi connectivity index (χ3n) is 11.7. The molecule has 1 amide bonds. The molecule has 2 bridgehead atoms. The molecule has 0 aliphatic carbocycles. The summed E-state index contributed by atoms with van der Waals surface area (Å²) in [6.45, 7) is 12.9. The van der Waals surface area contributed by atoms with Crippen LogP contribution < -0.4 is 0 Å². The number of aliphatic imine (C=N–C) groups is 1. The van der Waals surface area contributed by atoms with E-state index in [0.717, 1.165) is 5.56 Å². The smallest absolute Gasteiger partial charge is 0.316 e. The normalized spacial score (nSPS) is 36.8. The van der Waals surface area contributed by atoms with Crippen molar-refractivity contribution < 1.29 is 53.1 Å². The quantitative estimate of drug-likeness (QED) is 0.222. The second kappa shape index (κ2) is 19.6. The molecule has 59 heavy (non-hydrogen) atoms. The van der Waals surface area contributed by atoms with E-state index in [-0.39, 0.29) is 51.2 Å². The second-order valence-corrected chi connectivity index (χ2v) is 16.8. The number of nitrogens with zero attached hydrogens (tertiary/aromatic N) is 6. The third-order valence-corrected chi connectivity index (χ3v) is 11.7. The van der Waals surface area contributed by atoms with Gasteiger partial charge in [-0.15, -0.1) is 0 Å². The molecule has 5 rings (SSSR count). The number of aliphatic hydroxyl groups excluding tert-OH is 1. The Morgan fingerprint density at radius 1 is 1.14 bits per heavy atom. The SMILES string of the molecule is CC[C@H]1OC(=O)[C@H](C)C(=O)[C@H](C)[C@@H](O[C@@H]2O[C@H](C)C[C@H](N(C)C)[C@H]2O)[C@@]2(C)C[C@@H](C)/C(=N\C(C)=O)C[C@@H](OC/C(=N\OCc3ccc(-n4cccn4)nc3)CO2)[C@]1(C)O. The number of hydrogen-bond acceptors (Lipinski definition) is 15. The molecule has 3 aliphatic rings. The summed E-state index contributed by atoms with van der Waals surface area (Å²) >= 11 is 0. The maximum atomic E-state index is 14.5. The summed E-state index contributed by atoms with van der Waals surface area (Å²) in [4.78, 5) is 57.6. The first kappa shape index (κ1) is 46.1. The minimum atomic E-state index is -1.83. The summed E-state index contributed by atoms with van der Waals surface area (Å²) in [7, 11) is 3.73. The van der Waals surface area contributed by atoms with E-state index in [4.69, 9.17) is 28.5 Å². The van der Waals surface area contributed by atoms with Crippen molar-refractivity contribution in [2.24, 2.45) is 27.9 Å². The van der Waals surface area contributed by atoms with E-state index in [2.05, 4.69) is 20.2 Å². The van der Waals surface area contributed by atoms with Crippen molar-refractivity contribution in [3.8, 4) is 5.82 Å². The number of hydrogen-bond donors (Lipinski definition) is 2. The number of ether oxygens (including phenoxy) is 5. The summed E-state index contributed by atoms with van der Waals surface area (Å²) in [5.41, 5.74) is -1.80. The lowest BCUT2D eigenvalue weighted by atomic mass is 9.76. The minimum Gasteiger partial charge on any atom is -0.459 e. The van der Waals surface area contributed by atoms with Crippen LogP contribution in [0.25, 0.3) is 5.82 Å². The molecule has 0 unspecified atom stereocenters. The number of Topliss-reactive ketones (excluding diaryl/α,β-unsaturated/α-hetero) is 1. The molecule has 2 aromatic heterocycles. The van der Waals surface area contributed by atoms with Gasteiger partial charge >= 0.3 is 5.97 Å². The van der Waals surface area contributed by atoms with Crippen LogP contribution in [0.3, 0.4) is 0 Å². The number of likely N-dealkylation sites (N-methyl/N-ethyl adjacent to an activating group) is 1. The first-order valence-electron chi connectivity index (χ1n) is 20.4. The van der Waals surface area contributed by atoms with Gasteiger partial charge in [0.1, 0.15) is 36.0 Å². The van der Waals surface area contributed by atoms with Gasteiger partial charge in [-0.05, 0) is 79.1 Å². The minimum absolute atomic E-state index is 0.0255. The summed E-state index contributed by atoms with van der Waals surface area (Å²) < 4.78 is 33.9. The fourth-order valence-electron chi connectivity index (χ4n) is 8.26. The van der Waals surface area contributed by atoms with Crippen molar-refractivity contribution in [1.82, 2.24) is 19.7 Å². The Kier molecular flexibility index (Phi) is 15.3. The van der Waals surface area contributed by atoms with Gasteiger partial charge in [0.2, 0.25) is 5.91 Å². The Hall–Kier alpha value is -3.97. The van der Waals surface area contributed by atoms with Gasteiger partial charge in [-0.25, -0.2) is 14.7 Å². The van der Waals surface area contributed by atoms with Gasteiger partial charge in [0.15, 0.2) is 17.9 Å². The number of aromatic nitrogens is 3. The molecule has 3 fully saturated rings. The Morgan fingerprint density at radius 3 is 2.51 bits per heavy atom. The van der Waals surface area contributed by atoms with Crippen molar-refractivity contribution in [2.45, 2.75) is 142 Å². The highest BCUT2D eigenvalue weighted by Gasteiger charge is 2.51. The Bertz CT molecular complexity index is 1800. The van der Waals surface area contributed by atoms with Crippen LogP contribution in [0, 0.1) is 17.8 Å². The average Bonchev–Trinajstić information content (AvgIpc) is 3.73. The largest absolute Gasteiger partial charge is 0.459 e. The monoisotopic (exact) mass is 826 g/mol. The van der Waals surface area contributed by atoms with E-state index in [1.807, 2.05) is 38.9 Å². The van der Waals surface area contributed by atoms with E-state index < -0.39 is 77.3 Å². The molecule has 3 saturated heterocycles. The average molecular weight is 827 g/mol. The number of ketones is 1. The predicted octanol–water partition coefficient (Wildman–Crippen LogP) is 3.46. The number of pyridine rings is 1. The topological polar surface area (TPSA) is 206 Å². The maximum Gasteiger partial charge on any atom is 0.316 e. The highest BCUT2D eigenvalue weighted by Crippen LogP contribution is 2.39. The van der Waals surface area contributed by atoms with E-state index >= 15 is 0 Å². The fraction of sp³-hybridized carbons (Fsp3) is 0.690. The molecule has 17 nitrogen and oxygen atoms in total. The van der Waals surface area contributed by atoms with Crippen LogP contribution in [0.5, 0.6) is 0 Å². The molecule has 3 aliphatic heterocycles. The Balaban J connectivity index is 1.60. The van der Waals surface area contributed by atoms with Crippen LogP contribution in [0.15, 0.2) is 46.9 Å². The van der Waals surface area contributed by atoms with E-state index in [9.17, 15) is 24.6 Å². The number of rotatable bonds is 8. The highest BCUT2D eigenvalue weighted by atomic mass is 16.7. The summed E-state index contributed by atoms with van der Waals surface area (Å²) in [6.07, 6.45) is 0.0258. The third kappa shape index (κ3) is 11.1. The molecule has 0 radical (unpaired) electrons. The first-order valence-corrected chi connectivity index (χ1v) is 20.4. The number of carbonyl (C=O) groups excluding carboxylic acids is 3. The van der Waals surface area contributed by atoms with Crippen LogP contribution in [0.1, 0.15) is 86.6 Å². The lowest BCUT2D eigenvalue weighted by Crippen LogP contribution is -2.59. The molecule has 0 spiro atoms. The van der Waals surface area contributed by atoms with Gasteiger partial charge in [0, 0.05) is 55.2 Å². The van der Waals surface area contributed by atoms with Crippen molar-refractivity contribution in [1.29, 1.82) is 0 Å². The Morgan fingerprint density at radius 2 is 1.88 bits per heavy atom. The van der Waals surface area contributed by atoms with Crippen LogP contribution in [0.4, 0.5) is 0 Å². The van der Waals surface area contributed by atoms with Gasteiger partial charge in [-0.2, -0.15) is 5.10 Å². The number of carbonyl (C=O) groups is 3. The lowest BCUT2D eigenvalue weighted by molar-refractivity contribution is -0.296. The second-order valence-electron chi connectivity index (χ2n) is 16.8. The highest BCUT2D eigenvalue weighted by molar-refractivity contribution is 6.00. The van der Waals surface area contributed by atoms with E-state index in [1.54, 1.807) is 56.2 Å². The molecule has 0 aromatic carbocycles. The number of esters is 1. The van der Waals surface area contributed by atoms with Crippen LogP contribution in [-0.4, -0.2) is 140 Å². The molecule has 12 atom stereocenters. The molecule has 2 aromatic rings. The lowest BCUT2D eigenvalue weighted by Gasteiger charge is -2.47. The summed E-state index contributed by atoms with van der Waals surface area (Å²) in [5, 5.41) is 32.5. The molecule has 2 N–H and O–H groups in total. The van der Waals surface area contributed by atoms with Gasteiger partial charge in [-0.3, -0.25) is 14.4 Å². The van der Waals surface area contributed by atoms with Crippen molar-refractivity contribution >= 4 is 29.1 Å². The number of amides is 1. The number of aliphatic hydroxyl groups is 2. The predicted molar refractivity (Wildman–Crippen MR) is 216 cm³/mol. The standard InChI is InChI=1S/C42H62N6O11/c1-11-33-42(8,53)34-18-31(45-28(6)49)24(2)19-41(7,55-23-30(22-54-34)46-56-21-29-13-14-35(43-20-29)48-16-12-15-44-48)38(26(4)36(50)27(5)39(52)58-33)59-40-37(51)32(47(9)10)17-25(3)57-40/h12-16,20,24-27,32-34,37-38,40,51,53H,11,17-19,21-23H2,1-10H3/b45-31-,46-30+/t24-,25-,26+,27-,32+,33-,34-,37-,38-,40+,41-,42-/m1/s1. The summed E-state index contributed by atoms with van der Waals surface area (Å²) in [6, 6.07) is 5.13. The van der Waals surface area contributed by atoms with Gasteiger partial charge < -0.3 is 43.6 Å². The fourth-order valence-corrected chi connectivity index (χ4v) is 8.26.